The zero-order chi connectivity index (χ0) is 16.3. The summed E-state index contributed by atoms with van der Waals surface area (Å²) in [5.41, 5.74) is 4.73. The quantitative estimate of drug-likeness (QED) is 0.721. The second-order valence-electron chi connectivity index (χ2n) is 5.97. The summed E-state index contributed by atoms with van der Waals surface area (Å²) < 4.78 is 2.49. The molecule has 0 N–H and O–H groups in total. The molecule has 2 heteroatoms. The topological polar surface area (TPSA) is 15.4 Å². The Morgan fingerprint density at radius 2 is 1.30 bits per heavy atom. The Morgan fingerprint density at radius 1 is 0.783 bits per heavy atom. The lowest BCUT2D eigenvalue weighted by atomic mass is 10.00. The van der Waals surface area contributed by atoms with Gasteiger partial charge in [-0.25, -0.2) is 9.57 Å². The van der Waals surface area contributed by atoms with Gasteiger partial charge in [-0.2, -0.15) is 0 Å². The van der Waals surface area contributed by atoms with Crippen molar-refractivity contribution < 1.29 is 4.58 Å². The van der Waals surface area contributed by atoms with Crippen LogP contribution in [0.3, 0.4) is 0 Å². The third-order valence-corrected chi connectivity index (χ3v) is 4.86. The van der Waals surface area contributed by atoms with Crippen LogP contribution in [-0.2, 0) is 0 Å². The van der Waals surface area contributed by atoms with E-state index in [0.717, 1.165) is 25.1 Å². The number of benzene rings is 2. The van der Waals surface area contributed by atoms with Gasteiger partial charge in [0.15, 0.2) is 0 Å². The molecule has 0 unspecified atom stereocenters. The molecule has 118 valence electrons. The largest absolute Gasteiger partial charge is 0.255 e. The summed E-state index contributed by atoms with van der Waals surface area (Å²) in [7, 11) is 0. The molecule has 0 spiro atoms. The van der Waals surface area contributed by atoms with Crippen molar-refractivity contribution in [3.8, 4) is 0 Å². The van der Waals surface area contributed by atoms with Gasteiger partial charge in [0.05, 0.1) is 0 Å². The van der Waals surface area contributed by atoms with Gasteiger partial charge in [-0.3, -0.25) is 0 Å². The van der Waals surface area contributed by atoms with E-state index in [-0.39, 0.29) is 5.66 Å². The van der Waals surface area contributed by atoms with E-state index in [1.807, 2.05) is 0 Å². The first-order chi connectivity index (χ1) is 11.3. The van der Waals surface area contributed by atoms with E-state index in [4.69, 9.17) is 4.99 Å². The summed E-state index contributed by atoms with van der Waals surface area (Å²) >= 11 is 0. The zero-order valence-electron chi connectivity index (χ0n) is 14.3. The van der Waals surface area contributed by atoms with Crippen molar-refractivity contribution in [3.63, 3.8) is 0 Å². The summed E-state index contributed by atoms with van der Waals surface area (Å²) in [6, 6.07) is 21.2. The first-order valence-corrected chi connectivity index (χ1v) is 8.61. The second kappa shape index (κ2) is 6.49. The molecule has 2 nitrogen and oxygen atoms in total. The highest BCUT2D eigenvalue weighted by molar-refractivity contribution is 6.52. The number of hydrogen-bond acceptors (Lipinski definition) is 1. The molecule has 2 aromatic carbocycles. The monoisotopic (exact) mass is 305 g/mol. The fraction of sp³-hybridized carbons (Fsp3) is 0.333. The minimum absolute atomic E-state index is 0.120. The van der Waals surface area contributed by atoms with E-state index in [9.17, 15) is 0 Å². The molecule has 3 rings (SSSR count). The molecule has 0 amide bonds. The Hall–Kier alpha value is -2.22. The maximum Gasteiger partial charge on any atom is 0.255 e. The van der Waals surface area contributed by atoms with Crippen molar-refractivity contribution in [2.75, 3.05) is 6.54 Å². The third-order valence-electron chi connectivity index (χ3n) is 4.86. The molecule has 0 saturated carbocycles. The van der Waals surface area contributed by atoms with Crippen molar-refractivity contribution in [2.24, 2.45) is 4.99 Å². The Bertz CT molecular complexity index is 723. The van der Waals surface area contributed by atoms with Crippen molar-refractivity contribution in [2.45, 2.75) is 39.3 Å². The molecule has 0 atom stereocenters. The average molecular weight is 305 g/mol. The van der Waals surface area contributed by atoms with Crippen molar-refractivity contribution in [1.29, 1.82) is 0 Å². The predicted octanol–water partition coefficient (Wildman–Crippen LogP) is 4.53. The maximum atomic E-state index is 5.24. The van der Waals surface area contributed by atoms with Gasteiger partial charge in [-0.1, -0.05) is 62.4 Å². The highest BCUT2D eigenvalue weighted by Crippen LogP contribution is 2.30. The fourth-order valence-electron chi connectivity index (χ4n) is 3.59. The standard InChI is InChI=1S/C21H25N2/c1-4-21(5-2)22-19(17-13-9-7-10-14-17)20(23(21)6-3)18-15-11-8-12-16-18/h7-16H,4-6H2,1-3H3/q+1. The van der Waals surface area contributed by atoms with Crippen LogP contribution in [0.2, 0.25) is 0 Å². The van der Waals surface area contributed by atoms with Gasteiger partial charge < -0.3 is 0 Å². The first-order valence-electron chi connectivity index (χ1n) is 8.61. The lowest BCUT2D eigenvalue weighted by Crippen LogP contribution is -2.39. The number of rotatable bonds is 5. The molecule has 1 aliphatic heterocycles. The Labute approximate surface area is 139 Å². The minimum atomic E-state index is -0.120. The molecule has 1 heterocycles. The van der Waals surface area contributed by atoms with Crippen LogP contribution in [0.5, 0.6) is 0 Å². The van der Waals surface area contributed by atoms with E-state index in [1.54, 1.807) is 0 Å². The minimum Gasteiger partial charge on any atom is -0.207 e. The predicted molar refractivity (Wildman–Crippen MR) is 97.6 cm³/mol. The second-order valence-corrected chi connectivity index (χ2v) is 5.97. The van der Waals surface area contributed by atoms with Crippen LogP contribution < -0.4 is 0 Å². The fourth-order valence-corrected chi connectivity index (χ4v) is 3.59. The van der Waals surface area contributed by atoms with Gasteiger partial charge in [0.1, 0.15) is 12.3 Å². The molecular weight excluding hydrogens is 280 g/mol. The van der Waals surface area contributed by atoms with Gasteiger partial charge in [0, 0.05) is 24.0 Å². The summed E-state index contributed by atoms with van der Waals surface area (Å²) in [5.74, 6) is 0. The van der Waals surface area contributed by atoms with E-state index in [0.29, 0.717) is 0 Å². The third kappa shape index (κ3) is 2.63. The first kappa shape index (κ1) is 15.7. The molecule has 0 radical (unpaired) electrons. The number of aliphatic imine (C=N–C) groups is 1. The van der Waals surface area contributed by atoms with Crippen molar-refractivity contribution in [1.82, 2.24) is 0 Å². The highest BCUT2D eigenvalue weighted by atomic mass is 15.3. The Kier molecular flexibility index (Phi) is 4.42. The highest BCUT2D eigenvalue weighted by Gasteiger charge is 2.46. The maximum absolute atomic E-state index is 5.24. The van der Waals surface area contributed by atoms with E-state index in [2.05, 4.69) is 86.0 Å². The SMILES string of the molecule is CC[N+]1=C(c2ccccc2)C(c2ccccc2)=NC1(CC)CC. The zero-order valence-corrected chi connectivity index (χ0v) is 14.3. The van der Waals surface area contributed by atoms with Crippen LogP contribution in [0, 0.1) is 0 Å². The van der Waals surface area contributed by atoms with Gasteiger partial charge in [-0.15, -0.1) is 0 Å². The molecule has 1 aliphatic rings. The lowest BCUT2D eigenvalue weighted by Gasteiger charge is -2.21. The number of hydrogen-bond donors (Lipinski definition) is 0. The molecule has 0 aliphatic carbocycles. The van der Waals surface area contributed by atoms with Crippen LogP contribution in [0.4, 0.5) is 0 Å². The summed E-state index contributed by atoms with van der Waals surface area (Å²) in [5, 5.41) is 0. The molecule has 0 aromatic heterocycles. The van der Waals surface area contributed by atoms with Gasteiger partial charge in [0.2, 0.25) is 5.71 Å². The molecule has 0 saturated heterocycles. The van der Waals surface area contributed by atoms with Gasteiger partial charge in [0.25, 0.3) is 5.66 Å². The Balaban J connectivity index is 2.26. The Morgan fingerprint density at radius 3 is 1.78 bits per heavy atom. The van der Waals surface area contributed by atoms with Gasteiger partial charge in [-0.05, 0) is 19.1 Å². The lowest BCUT2D eigenvalue weighted by molar-refractivity contribution is -0.600. The average Bonchev–Trinajstić information content (AvgIpc) is 2.98. The van der Waals surface area contributed by atoms with Crippen LogP contribution in [-0.4, -0.2) is 28.2 Å². The number of nitrogens with zero attached hydrogens (tertiary/aromatic N) is 2. The molecule has 2 aromatic rings. The molecular formula is C21H25N2+. The van der Waals surface area contributed by atoms with E-state index in [1.165, 1.54) is 16.8 Å². The van der Waals surface area contributed by atoms with Crippen LogP contribution in [0.15, 0.2) is 65.7 Å². The summed E-state index contributed by atoms with van der Waals surface area (Å²) in [4.78, 5) is 5.24. The molecule has 0 bridgehead atoms. The summed E-state index contributed by atoms with van der Waals surface area (Å²) in [6.45, 7) is 7.68. The van der Waals surface area contributed by atoms with Crippen molar-refractivity contribution in [3.05, 3.63) is 71.8 Å². The van der Waals surface area contributed by atoms with Crippen LogP contribution in [0.25, 0.3) is 0 Å². The van der Waals surface area contributed by atoms with Crippen LogP contribution >= 0.6 is 0 Å². The van der Waals surface area contributed by atoms with Crippen LogP contribution in [0.1, 0.15) is 44.7 Å². The normalized spacial score (nSPS) is 16.6. The molecule has 23 heavy (non-hydrogen) atoms. The van der Waals surface area contributed by atoms with E-state index >= 15 is 0 Å². The smallest absolute Gasteiger partial charge is 0.207 e. The summed E-state index contributed by atoms with van der Waals surface area (Å²) in [6.07, 6.45) is 2.04. The van der Waals surface area contributed by atoms with E-state index < -0.39 is 0 Å². The molecule has 0 fully saturated rings. The van der Waals surface area contributed by atoms with Crippen molar-refractivity contribution >= 4 is 11.4 Å². The van der Waals surface area contributed by atoms with Gasteiger partial charge >= 0.3 is 0 Å².